The van der Waals surface area contributed by atoms with Crippen molar-refractivity contribution in [3.63, 3.8) is 0 Å². The zero-order valence-corrected chi connectivity index (χ0v) is 20.1. The Hall–Kier alpha value is -3.61. The number of carboxylic acids is 1. The molecule has 2 aromatic rings. The van der Waals surface area contributed by atoms with E-state index in [1.807, 2.05) is 50.3 Å². The molecule has 35 heavy (non-hydrogen) atoms. The molecule has 0 unspecified atom stereocenters. The zero-order valence-electron chi connectivity index (χ0n) is 20.1. The number of ether oxygens (including phenoxy) is 1. The van der Waals surface area contributed by atoms with Gasteiger partial charge < -0.3 is 20.5 Å². The summed E-state index contributed by atoms with van der Waals surface area (Å²) in [5.74, 6) is -1.33. The predicted molar refractivity (Wildman–Crippen MR) is 133 cm³/mol. The van der Waals surface area contributed by atoms with Crippen LogP contribution in [0.1, 0.15) is 50.2 Å². The lowest BCUT2D eigenvalue weighted by atomic mass is 9.87. The molecular weight excluding hydrogens is 444 g/mol. The van der Waals surface area contributed by atoms with E-state index < -0.39 is 17.5 Å². The molecule has 2 aliphatic carbocycles. The number of hydrogen-bond donors (Lipinski definition) is 3. The Bertz CT molecular complexity index is 1090. The van der Waals surface area contributed by atoms with E-state index in [0.29, 0.717) is 12.8 Å². The van der Waals surface area contributed by atoms with Crippen LogP contribution < -0.4 is 10.6 Å². The smallest absolute Gasteiger partial charge is 0.407 e. The zero-order chi connectivity index (χ0) is 25.0. The van der Waals surface area contributed by atoms with E-state index in [9.17, 15) is 14.4 Å². The number of carbonyl (C=O) groups excluding carboxylic acids is 2. The van der Waals surface area contributed by atoms with Gasteiger partial charge in [-0.2, -0.15) is 0 Å². The molecule has 0 spiro atoms. The van der Waals surface area contributed by atoms with Crippen LogP contribution in [0.15, 0.2) is 60.7 Å². The maximum Gasteiger partial charge on any atom is 0.407 e. The van der Waals surface area contributed by atoms with E-state index in [1.54, 1.807) is 0 Å². The van der Waals surface area contributed by atoms with Crippen LogP contribution in [-0.2, 0) is 14.3 Å². The van der Waals surface area contributed by atoms with Crippen LogP contribution in [0.2, 0.25) is 0 Å². The minimum Gasteiger partial charge on any atom is -0.481 e. The summed E-state index contributed by atoms with van der Waals surface area (Å²) in [4.78, 5) is 36.3. The molecule has 0 bridgehead atoms. The number of allylic oxidation sites excluding steroid dienone is 1. The van der Waals surface area contributed by atoms with Crippen molar-refractivity contribution in [2.24, 2.45) is 11.3 Å². The standard InChI is InChI=1S/C28H32N2O5/c1-28(2,15-25(31)32)17-29-26(33)18-8-7-9-19(14-18)30-27(34)35-16-24-22-12-5-3-10-20(22)21-11-4-6-13-23(21)24/h3-7,9-13,18-19,24H,8,14-17H2,1-2H3,(H,29,33)(H,30,34)(H,31,32)/t18-,19-/m1/s1. The van der Waals surface area contributed by atoms with E-state index in [1.165, 1.54) is 11.1 Å². The monoisotopic (exact) mass is 476 g/mol. The van der Waals surface area contributed by atoms with Crippen LogP contribution in [0, 0.1) is 11.3 Å². The Labute approximate surface area is 205 Å². The molecular formula is C28H32N2O5. The number of nitrogens with one attached hydrogen (secondary N) is 2. The average Bonchev–Trinajstić information content (AvgIpc) is 3.14. The first-order chi connectivity index (χ1) is 16.7. The molecule has 0 radical (unpaired) electrons. The van der Waals surface area contributed by atoms with Crippen molar-refractivity contribution in [3.8, 4) is 11.1 Å². The second kappa shape index (κ2) is 10.3. The van der Waals surface area contributed by atoms with Crippen molar-refractivity contribution in [1.29, 1.82) is 0 Å². The number of rotatable bonds is 8. The highest BCUT2D eigenvalue weighted by atomic mass is 16.5. The molecule has 0 heterocycles. The quantitative estimate of drug-likeness (QED) is 0.488. The highest BCUT2D eigenvalue weighted by Gasteiger charge is 2.31. The Morgan fingerprint density at radius 3 is 2.29 bits per heavy atom. The van der Waals surface area contributed by atoms with Gasteiger partial charge >= 0.3 is 12.1 Å². The molecule has 0 fully saturated rings. The Morgan fingerprint density at radius 2 is 1.66 bits per heavy atom. The van der Waals surface area contributed by atoms with Gasteiger partial charge in [-0.3, -0.25) is 9.59 Å². The summed E-state index contributed by atoms with van der Waals surface area (Å²) in [5, 5.41) is 14.8. The fourth-order valence-corrected chi connectivity index (χ4v) is 4.94. The first-order valence-electron chi connectivity index (χ1n) is 12.0. The van der Waals surface area contributed by atoms with Gasteiger partial charge in [-0.1, -0.05) is 74.5 Å². The van der Waals surface area contributed by atoms with Crippen molar-refractivity contribution < 1.29 is 24.2 Å². The van der Waals surface area contributed by atoms with Crippen molar-refractivity contribution in [2.45, 2.75) is 45.1 Å². The van der Waals surface area contributed by atoms with Gasteiger partial charge in [0.05, 0.1) is 12.5 Å². The minimum absolute atomic E-state index is 0.0114. The van der Waals surface area contributed by atoms with Gasteiger partial charge in [-0.25, -0.2) is 4.79 Å². The van der Waals surface area contributed by atoms with Gasteiger partial charge in [0.1, 0.15) is 6.61 Å². The largest absolute Gasteiger partial charge is 0.481 e. The number of hydrogen-bond acceptors (Lipinski definition) is 4. The van der Waals surface area contributed by atoms with E-state index in [2.05, 4.69) is 34.9 Å². The molecule has 7 heteroatoms. The summed E-state index contributed by atoms with van der Waals surface area (Å²) in [6, 6.07) is 16.1. The molecule has 2 aromatic carbocycles. The third-order valence-corrected chi connectivity index (χ3v) is 6.72. The number of carbonyl (C=O) groups is 3. The molecule has 3 N–H and O–H groups in total. The van der Waals surface area contributed by atoms with Crippen molar-refractivity contribution in [3.05, 3.63) is 71.8 Å². The number of amides is 2. The molecule has 0 saturated carbocycles. The maximum absolute atomic E-state index is 12.7. The summed E-state index contributed by atoms with van der Waals surface area (Å²) < 4.78 is 5.63. The lowest BCUT2D eigenvalue weighted by Crippen LogP contribution is -2.43. The van der Waals surface area contributed by atoms with Gasteiger partial charge in [0.2, 0.25) is 5.91 Å². The first-order valence-corrected chi connectivity index (χ1v) is 12.0. The highest BCUT2D eigenvalue weighted by molar-refractivity contribution is 5.80. The molecule has 0 aromatic heterocycles. The van der Waals surface area contributed by atoms with E-state index >= 15 is 0 Å². The summed E-state index contributed by atoms with van der Waals surface area (Å²) in [5.41, 5.74) is 4.12. The van der Waals surface area contributed by atoms with Crippen molar-refractivity contribution in [1.82, 2.24) is 10.6 Å². The summed E-state index contributed by atoms with van der Waals surface area (Å²) in [7, 11) is 0. The topological polar surface area (TPSA) is 105 Å². The molecule has 0 saturated heterocycles. The molecule has 2 amide bonds. The van der Waals surface area contributed by atoms with Crippen LogP contribution >= 0.6 is 0 Å². The Morgan fingerprint density at radius 1 is 1.03 bits per heavy atom. The van der Waals surface area contributed by atoms with Crippen molar-refractivity contribution >= 4 is 18.0 Å². The maximum atomic E-state index is 12.7. The third kappa shape index (κ3) is 5.91. The van der Waals surface area contributed by atoms with Crippen molar-refractivity contribution in [2.75, 3.05) is 13.2 Å². The van der Waals surface area contributed by atoms with E-state index in [0.717, 1.165) is 11.1 Å². The number of alkyl carbamates (subject to hydrolysis) is 1. The van der Waals surface area contributed by atoms with E-state index in [4.69, 9.17) is 9.84 Å². The first kappa shape index (κ1) is 24.5. The van der Waals surface area contributed by atoms with Gasteiger partial charge in [0.25, 0.3) is 0 Å². The Kier molecular flexibility index (Phi) is 7.24. The summed E-state index contributed by atoms with van der Waals surface area (Å²) >= 11 is 0. The lowest BCUT2D eigenvalue weighted by Gasteiger charge is -2.27. The van der Waals surface area contributed by atoms with E-state index in [-0.39, 0.29) is 43.4 Å². The number of carboxylic acid groups (broad SMARTS) is 1. The van der Waals surface area contributed by atoms with Gasteiger partial charge in [0.15, 0.2) is 0 Å². The lowest BCUT2D eigenvalue weighted by molar-refractivity contribution is -0.139. The second-order valence-electron chi connectivity index (χ2n) is 10.1. The molecule has 2 aliphatic rings. The normalized spacial score (nSPS) is 18.9. The Balaban J connectivity index is 1.29. The molecule has 4 rings (SSSR count). The number of fused-ring (bicyclic) bond motifs is 3. The molecule has 184 valence electrons. The number of aliphatic carboxylic acids is 1. The fraction of sp³-hybridized carbons (Fsp3) is 0.393. The SMILES string of the molecule is CC(C)(CNC(=O)[C@@H]1CC=C[C@@H](NC(=O)OCC2c3ccccc3-c3ccccc32)C1)CC(=O)O. The fourth-order valence-electron chi connectivity index (χ4n) is 4.94. The molecule has 0 aliphatic heterocycles. The second-order valence-corrected chi connectivity index (χ2v) is 10.1. The molecule has 2 atom stereocenters. The van der Waals surface area contributed by atoms with Gasteiger partial charge in [-0.05, 0) is 40.5 Å². The third-order valence-electron chi connectivity index (χ3n) is 6.72. The highest BCUT2D eigenvalue weighted by Crippen LogP contribution is 2.44. The summed E-state index contributed by atoms with van der Waals surface area (Å²) in [6.07, 6.45) is 4.29. The molecule has 7 nitrogen and oxygen atoms in total. The van der Waals surface area contributed by atoms with Crippen LogP contribution in [0.3, 0.4) is 0 Å². The van der Waals surface area contributed by atoms with Crippen LogP contribution in [0.25, 0.3) is 11.1 Å². The number of benzene rings is 2. The van der Waals surface area contributed by atoms with Gasteiger partial charge in [0, 0.05) is 18.4 Å². The van der Waals surface area contributed by atoms with Crippen LogP contribution in [-0.4, -0.2) is 42.3 Å². The van der Waals surface area contributed by atoms with Crippen LogP contribution in [0.4, 0.5) is 4.79 Å². The van der Waals surface area contributed by atoms with Crippen LogP contribution in [0.5, 0.6) is 0 Å². The van der Waals surface area contributed by atoms with Gasteiger partial charge in [-0.15, -0.1) is 0 Å². The summed E-state index contributed by atoms with van der Waals surface area (Å²) in [6.45, 7) is 4.13. The minimum atomic E-state index is -0.891. The average molecular weight is 477 g/mol. The predicted octanol–water partition coefficient (Wildman–Crippen LogP) is 4.48.